The summed E-state index contributed by atoms with van der Waals surface area (Å²) in [5.74, 6) is 0.431. The van der Waals surface area contributed by atoms with Gasteiger partial charge in [0.05, 0.1) is 22.9 Å². The standard InChI is InChI=1S/C18H22N2O2S/c1-11-5-6-12(2)16-15(11)19-18(23-16)20(17(21)13-7-8-13)10-14-4-3-9-22-14/h5-6,13-14H,3-4,7-10H2,1-2H3. The minimum absolute atomic E-state index is 0.159. The molecule has 2 aromatic rings. The Kier molecular flexibility index (Phi) is 3.85. The third-order valence-corrected chi connectivity index (χ3v) is 5.98. The van der Waals surface area contributed by atoms with E-state index in [0.29, 0.717) is 6.54 Å². The van der Waals surface area contributed by atoms with Crippen molar-refractivity contribution in [3.8, 4) is 0 Å². The number of hydrogen-bond acceptors (Lipinski definition) is 4. The van der Waals surface area contributed by atoms with Crippen LogP contribution in [0.1, 0.15) is 36.8 Å². The van der Waals surface area contributed by atoms with Crippen LogP contribution < -0.4 is 4.90 Å². The maximum absolute atomic E-state index is 12.8. The van der Waals surface area contributed by atoms with Gasteiger partial charge in [0.2, 0.25) is 5.91 Å². The Balaban J connectivity index is 1.71. The van der Waals surface area contributed by atoms with E-state index in [9.17, 15) is 4.79 Å². The molecule has 23 heavy (non-hydrogen) atoms. The second kappa shape index (κ2) is 5.87. The fraction of sp³-hybridized carbons (Fsp3) is 0.556. The molecule has 4 rings (SSSR count). The molecule has 0 bridgehead atoms. The molecular formula is C18H22N2O2S. The second-order valence-electron chi connectivity index (χ2n) is 6.73. The first-order chi connectivity index (χ1) is 11.1. The molecule has 2 heterocycles. The smallest absolute Gasteiger partial charge is 0.231 e. The maximum atomic E-state index is 12.8. The van der Waals surface area contributed by atoms with Crippen LogP contribution >= 0.6 is 11.3 Å². The predicted octanol–water partition coefficient (Wildman–Crippen LogP) is 3.84. The number of amides is 1. The van der Waals surface area contributed by atoms with Gasteiger partial charge in [-0.1, -0.05) is 23.5 Å². The molecule has 0 spiro atoms. The Morgan fingerprint density at radius 3 is 2.74 bits per heavy atom. The first-order valence-electron chi connectivity index (χ1n) is 8.43. The highest BCUT2D eigenvalue weighted by atomic mass is 32.1. The van der Waals surface area contributed by atoms with Crippen LogP contribution in [0.3, 0.4) is 0 Å². The molecule has 122 valence electrons. The SMILES string of the molecule is Cc1ccc(C)c2sc(N(CC3CCCO3)C(=O)C3CC3)nc12. The zero-order chi connectivity index (χ0) is 16.0. The summed E-state index contributed by atoms with van der Waals surface area (Å²) in [5.41, 5.74) is 3.43. The summed E-state index contributed by atoms with van der Waals surface area (Å²) in [6.07, 6.45) is 4.33. The first-order valence-corrected chi connectivity index (χ1v) is 9.25. The molecule has 0 N–H and O–H groups in total. The van der Waals surface area contributed by atoms with E-state index >= 15 is 0 Å². The molecule has 2 aliphatic rings. The number of aromatic nitrogens is 1. The van der Waals surface area contributed by atoms with Crippen molar-refractivity contribution in [3.63, 3.8) is 0 Å². The predicted molar refractivity (Wildman–Crippen MR) is 93.1 cm³/mol. The first kappa shape index (κ1) is 15.1. The van der Waals surface area contributed by atoms with E-state index in [1.54, 1.807) is 11.3 Å². The molecule has 1 aliphatic carbocycles. The van der Waals surface area contributed by atoms with Gasteiger partial charge >= 0.3 is 0 Å². The lowest BCUT2D eigenvalue weighted by Crippen LogP contribution is -2.38. The number of anilines is 1. The molecule has 1 saturated carbocycles. The van der Waals surface area contributed by atoms with Gasteiger partial charge in [-0.15, -0.1) is 0 Å². The largest absolute Gasteiger partial charge is 0.376 e. The lowest BCUT2D eigenvalue weighted by Gasteiger charge is -2.23. The minimum atomic E-state index is 0.159. The van der Waals surface area contributed by atoms with Crippen molar-refractivity contribution in [2.45, 2.75) is 45.6 Å². The van der Waals surface area contributed by atoms with Gasteiger partial charge in [-0.2, -0.15) is 0 Å². The lowest BCUT2D eigenvalue weighted by atomic mass is 10.1. The number of carbonyl (C=O) groups is 1. The number of ether oxygens (including phenoxy) is 1. The average molecular weight is 330 g/mol. The van der Waals surface area contributed by atoms with E-state index in [1.165, 1.54) is 15.8 Å². The van der Waals surface area contributed by atoms with Crippen LogP contribution in [0.2, 0.25) is 0 Å². The van der Waals surface area contributed by atoms with E-state index in [1.807, 2.05) is 4.90 Å². The summed E-state index contributed by atoms with van der Waals surface area (Å²) in [7, 11) is 0. The Hall–Kier alpha value is -1.46. The molecule has 1 atom stereocenters. The topological polar surface area (TPSA) is 42.4 Å². The van der Waals surface area contributed by atoms with Crippen molar-refractivity contribution in [1.82, 2.24) is 4.98 Å². The zero-order valence-corrected chi connectivity index (χ0v) is 14.5. The number of rotatable bonds is 4. The van der Waals surface area contributed by atoms with Gasteiger partial charge in [-0.3, -0.25) is 9.69 Å². The number of hydrogen-bond donors (Lipinski definition) is 0. The summed E-state index contributed by atoms with van der Waals surface area (Å²) in [4.78, 5) is 19.5. The summed E-state index contributed by atoms with van der Waals surface area (Å²) in [5, 5.41) is 0.838. The van der Waals surface area contributed by atoms with Crippen LogP contribution in [-0.4, -0.2) is 30.1 Å². The fourth-order valence-electron chi connectivity index (χ4n) is 3.17. The zero-order valence-electron chi connectivity index (χ0n) is 13.7. The Morgan fingerprint density at radius 2 is 2.09 bits per heavy atom. The van der Waals surface area contributed by atoms with Crippen molar-refractivity contribution in [2.24, 2.45) is 5.92 Å². The number of aryl methyl sites for hydroxylation is 2. The molecule has 1 saturated heterocycles. The minimum Gasteiger partial charge on any atom is -0.376 e. The molecule has 0 radical (unpaired) electrons. The van der Waals surface area contributed by atoms with E-state index in [0.717, 1.165) is 42.9 Å². The van der Waals surface area contributed by atoms with E-state index in [-0.39, 0.29) is 17.9 Å². The van der Waals surface area contributed by atoms with Crippen molar-refractivity contribution >= 4 is 32.6 Å². The number of benzene rings is 1. The van der Waals surface area contributed by atoms with Crippen LogP contribution in [-0.2, 0) is 9.53 Å². The van der Waals surface area contributed by atoms with Gasteiger partial charge in [-0.05, 0) is 50.7 Å². The molecule has 1 aliphatic heterocycles. The second-order valence-corrected chi connectivity index (χ2v) is 7.71. The third-order valence-electron chi connectivity index (χ3n) is 4.76. The molecule has 1 unspecified atom stereocenters. The molecule has 4 nitrogen and oxygen atoms in total. The summed E-state index contributed by atoms with van der Waals surface area (Å²) in [6.45, 7) is 5.65. The van der Waals surface area contributed by atoms with Gasteiger partial charge in [0.1, 0.15) is 0 Å². The van der Waals surface area contributed by atoms with Crippen molar-refractivity contribution in [2.75, 3.05) is 18.1 Å². The monoisotopic (exact) mass is 330 g/mol. The number of fused-ring (bicyclic) bond motifs is 1. The third kappa shape index (κ3) is 2.88. The summed E-state index contributed by atoms with van der Waals surface area (Å²) in [6, 6.07) is 4.24. The molecular weight excluding hydrogens is 308 g/mol. The van der Waals surface area contributed by atoms with Crippen molar-refractivity contribution < 1.29 is 9.53 Å². The lowest BCUT2D eigenvalue weighted by molar-refractivity contribution is -0.120. The quantitative estimate of drug-likeness (QED) is 0.855. The number of carbonyl (C=O) groups excluding carboxylic acids is 1. The van der Waals surface area contributed by atoms with Crippen LogP contribution in [0.4, 0.5) is 5.13 Å². The van der Waals surface area contributed by atoms with Crippen LogP contribution in [0.25, 0.3) is 10.2 Å². The molecule has 2 fully saturated rings. The Labute approximate surface area is 140 Å². The fourth-order valence-corrected chi connectivity index (χ4v) is 4.29. The van der Waals surface area contributed by atoms with E-state index in [4.69, 9.17) is 9.72 Å². The summed E-state index contributed by atoms with van der Waals surface area (Å²) < 4.78 is 6.96. The highest BCUT2D eigenvalue weighted by Gasteiger charge is 2.36. The Bertz CT molecular complexity index is 706. The van der Waals surface area contributed by atoms with Crippen LogP contribution in [0, 0.1) is 19.8 Å². The molecule has 1 amide bonds. The molecule has 5 heteroatoms. The maximum Gasteiger partial charge on any atom is 0.231 e. The average Bonchev–Trinajstić information content (AvgIpc) is 3.08. The van der Waals surface area contributed by atoms with Crippen molar-refractivity contribution in [3.05, 3.63) is 23.3 Å². The molecule has 1 aromatic carbocycles. The van der Waals surface area contributed by atoms with Gasteiger partial charge in [-0.25, -0.2) is 4.98 Å². The van der Waals surface area contributed by atoms with Gasteiger partial charge < -0.3 is 4.74 Å². The van der Waals surface area contributed by atoms with Crippen LogP contribution in [0.5, 0.6) is 0 Å². The number of thiazole rings is 1. The summed E-state index contributed by atoms with van der Waals surface area (Å²) >= 11 is 1.64. The normalized spacial score (nSPS) is 21.0. The molecule has 1 aromatic heterocycles. The van der Waals surface area contributed by atoms with Crippen LogP contribution in [0.15, 0.2) is 12.1 Å². The van der Waals surface area contributed by atoms with Gasteiger partial charge in [0.15, 0.2) is 5.13 Å². The Morgan fingerprint density at radius 1 is 1.30 bits per heavy atom. The van der Waals surface area contributed by atoms with Crippen molar-refractivity contribution in [1.29, 1.82) is 0 Å². The van der Waals surface area contributed by atoms with E-state index in [2.05, 4.69) is 26.0 Å². The van der Waals surface area contributed by atoms with Gasteiger partial charge in [0.25, 0.3) is 0 Å². The van der Waals surface area contributed by atoms with Gasteiger partial charge in [0, 0.05) is 12.5 Å². The highest BCUT2D eigenvalue weighted by Crippen LogP contribution is 2.37. The van der Waals surface area contributed by atoms with E-state index < -0.39 is 0 Å². The highest BCUT2D eigenvalue weighted by molar-refractivity contribution is 7.22. The number of nitrogens with zero attached hydrogens (tertiary/aromatic N) is 2.